The van der Waals surface area contributed by atoms with Gasteiger partial charge in [0.2, 0.25) is 0 Å². The summed E-state index contributed by atoms with van der Waals surface area (Å²) in [4.78, 5) is 2.52. The molecule has 4 nitrogen and oxygen atoms in total. The van der Waals surface area contributed by atoms with Crippen molar-refractivity contribution in [2.75, 3.05) is 33.2 Å². The van der Waals surface area contributed by atoms with Crippen molar-refractivity contribution in [2.24, 2.45) is 0 Å². The Morgan fingerprint density at radius 2 is 1.22 bits per heavy atom. The predicted octanol–water partition coefficient (Wildman–Crippen LogP) is 4.56. The van der Waals surface area contributed by atoms with Crippen molar-refractivity contribution in [2.45, 2.75) is 85.4 Å². The highest BCUT2D eigenvalue weighted by Gasteiger charge is 2.44. The van der Waals surface area contributed by atoms with Crippen molar-refractivity contribution in [3.63, 3.8) is 0 Å². The van der Waals surface area contributed by atoms with E-state index >= 15 is 0 Å². The van der Waals surface area contributed by atoms with Gasteiger partial charge in [0.1, 0.15) is 0 Å². The van der Waals surface area contributed by atoms with E-state index in [-0.39, 0.29) is 11.1 Å². The van der Waals surface area contributed by atoms with Gasteiger partial charge in [-0.2, -0.15) is 0 Å². The monoisotopic (exact) mass is 345 g/mol. The Hall–Kier alpha value is 0.270. The van der Waals surface area contributed by atoms with Crippen molar-refractivity contribution < 1.29 is 4.52 Å². The average Bonchev–Trinajstić information content (AvgIpc) is 2.46. The summed E-state index contributed by atoms with van der Waals surface area (Å²) < 4.78 is 11.8. The molecule has 0 saturated carbocycles. The summed E-state index contributed by atoms with van der Waals surface area (Å²) in [5.74, 6) is 0. The van der Waals surface area contributed by atoms with Gasteiger partial charge in [0.15, 0.2) is 8.45 Å². The molecule has 0 aliphatic carbocycles. The summed E-state index contributed by atoms with van der Waals surface area (Å²) in [5.41, 5.74) is 0.361. The fourth-order valence-electron chi connectivity index (χ4n) is 3.73. The van der Waals surface area contributed by atoms with Gasteiger partial charge in [0, 0.05) is 37.3 Å². The number of rotatable bonds is 8. The van der Waals surface area contributed by atoms with Crippen LogP contribution >= 0.6 is 8.45 Å². The zero-order valence-corrected chi connectivity index (χ0v) is 17.9. The average molecular weight is 346 g/mol. The number of likely N-dealkylation sites (tertiary alicyclic amines) is 1. The highest BCUT2D eigenvalue weighted by atomic mass is 31.2. The van der Waals surface area contributed by atoms with Gasteiger partial charge in [-0.25, -0.2) is 9.34 Å². The summed E-state index contributed by atoms with van der Waals surface area (Å²) in [6.45, 7) is 22.6. The molecule has 0 aromatic rings. The van der Waals surface area contributed by atoms with Gasteiger partial charge in [0.25, 0.3) is 0 Å². The van der Waals surface area contributed by atoms with Crippen molar-refractivity contribution in [1.29, 1.82) is 0 Å². The number of piperidine rings is 1. The largest absolute Gasteiger partial charge is 0.328 e. The Balaban J connectivity index is 2.94. The Bertz CT molecular complexity index is 324. The third kappa shape index (κ3) is 5.12. The van der Waals surface area contributed by atoms with E-state index in [1.54, 1.807) is 0 Å². The second-order valence-electron chi connectivity index (χ2n) is 7.85. The molecule has 0 amide bonds. The van der Waals surface area contributed by atoms with E-state index in [1.165, 1.54) is 0 Å². The minimum Gasteiger partial charge on any atom is -0.328 e. The molecule has 0 bridgehead atoms. The molecule has 0 N–H and O–H groups in total. The molecule has 1 rings (SSSR count). The molecule has 0 unspecified atom stereocenters. The second-order valence-corrected chi connectivity index (χ2v) is 9.70. The molecule has 1 aliphatic rings. The maximum absolute atomic E-state index is 6.79. The summed E-state index contributed by atoms with van der Waals surface area (Å²) >= 11 is 0. The first-order valence-electron chi connectivity index (χ1n) is 9.33. The molecule has 0 spiro atoms. The van der Waals surface area contributed by atoms with Gasteiger partial charge in [-0.05, 0) is 47.6 Å². The lowest BCUT2D eigenvalue weighted by atomic mass is 9.79. The van der Waals surface area contributed by atoms with Gasteiger partial charge in [-0.15, -0.1) is 0 Å². The molecule has 1 aliphatic heterocycles. The molecule has 138 valence electrons. The van der Waals surface area contributed by atoms with Crippen LogP contribution in [0, 0.1) is 0 Å². The third-order valence-corrected chi connectivity index (χ3v) is 8.04. The van der Waals surface area contributed by atoms with E-state index in [0.29, 0.717) is 6.10 Å². The molecule has 0 atom stereocenters. The first kappa shape index (κ1) is 21.3. The third-order valence-electron chi connectivity index (χ3n) is 5.46. The van der Waals surface area contributed by atoms with E-state index in [1.807, 2.05) is 0 Å². The van der Waals surface area contributed by atoms with Crippen LogP contribution in [0.4, 0.5) is 0 Å². The van der Waals surface area contributed by atoms with E-state index in [9.17, 15) is 0 Å². The number of nitrogens with zero attached hydrogens (tertiary/aromatic N) is 3. The van der Waals surface area contributed by atoms with Gasteiger partial charge < -0.3 is 4.52 Å². The first-order valence-corrected chi connectivity index (χ1v) is 10.5. The zero-order valence-electron chi connectivity index (χ0n) is 17.0. The first-order chi connectivity index (χ1) is 10.6. The standard InChI is InChI=1S/C18H40N3OP/c1-10-20(11-2)23(21(12-3)13-4)22-16-14-17(5,6)19(9)18(7,8)15-16/h16H,10-15H2,1-9H3. The fraction of sp³-hybridized carbons (Fsp3) is 1.00. The van der Waals surface area contributed by atoms with Crippen molar-refractivity contribution in [3.8, 4) is 0 Å². The molecule has 1 heterocycles. The van der Waals surface area contributed by atoms with Crippen LogP contribution < -0.4 is 0 Å². The lowest BCUT2D eigenvalue weighted by molar-refractivity contribution is -0.0562. The Morgan fingerprint density at radius 1 is 0.870 bits per heavy atom. The van der Waals surface area contributed by atoms with Crippen LogP contribution in [-0.2, 0) is 4.52 Å². The van der Waals surface area contributed by atoms with E-state index < -0.39 is 8.45 Å². The van der Waals surface area contributed by atoms with Crippen molar-refractivity contribution in [1.82, 2.24) is 14.2 Å². The SMILES string of the molecule is CCN(CC)P(OC1CC(C)(C)N(C)C(C)(C)C1)N(CC)CC. The number of hydrogen-bond donors (Lipinski definition) is 0. The van der Waals surface area contributed by atoms with Crippen LogP contribution in [0.3, 0.4) is 0 Å². The van der Waals surface area contributed by atoms with Crippen LogP contribution in [0.1, 0.15) is 68.2 Å². The zero-order chi connectivity index (χ0) is 17.8. The molecule has 1 saturated heterocycles. The normalized spacial score (nSPS) is 22.4. The summed E-state index contributed by atoms with van der Waals surface area (Å²) in [6.07, 6.45) is 2.55. The van der Waals surface area contributed by atoms with Gasteiger partial charge in [0.05, 0.1) is 6.10 Å². The van der Waals surface area contributed by atoms with E-state index in [0.717, 1.165) is 39.0 Å². The molecule has 5 heteroatoms. The van der Waals surface area contributed by atoms with Crippen LogP contribution in [0.25, 0.3) is 0 Å². The summed E-state index contributed by atoms with van der Waals surface area (Å²) in [5, 5.41) is 0. The minimum absolute atomic E-state index is 0.180. The van der Waals surface area contributed by atoms with E-state index in [2.05, 4.69) is 76.7 Å². The predicted molar refractivity (Wildman–Crippen MR) is 103 cm³/mol. The smallest absolute Gasteiger partial charge is 0.188 e. The van der Waals surface area contributed by atoms with Gasteiger partial charge >= 0.3 is 0 Å². The fourth-order valence-corrected chi connectivity index (χ4v) is 5.74. The van der Waals surface area contributed by atoms with Gasteiger partial charge in [-0.3, -0.25) is 4.90 Å². The van der Waals surface area contributed by atoms with Crippen LogP contribution in [0.15, 0.2) is 0 Å². The maximum Gasteiger partial charge on any atom is 0.188 e. The summed E-state index contributed by atoms with van der Waals surface area (Å²) in [6, 6.07) is 0. The molecular formula is C18H40N3OP. The summed E-state index contributed by atoms with van der Waals surface area (Å²) in [7, 11) is 1.60. The highest BCUT2D eigenvalue weighted by Crippen LogP contribution is 2.50. The van der Waals surface area contributed by atoms with Crippen LogP contribution in [-0.4, -0.2) is 64.6 Å². The second kappa shape index (κ2) is 8.58. The lowest BCUT2D eigenvalue weighted by Gasteiger charge is -2.54. The van der Waals surface area contributed by atoms with Gasteiger partial charge in [-0.1, -0.05) is 27.7 Å². The topological polar surface area (TPSA) is 19.0 Å². The lowest BCUT2D eigenvalue weighted by Crippen LogP contribution is -2.60. The van der Waals surface area contributed by atoms with Crippen molar-refractivity contribution in [3.05, 3.63) is 0 Å². The molecule has 0 aromatic heterocycles. The molecular weight excluding hydrogens is 305 g/mol. The Kier molecular flexibility index (Phi) is 7.95. The Morgan fingerprint density at radius 3 is 1.52 bits per heavy atom. The molecule has 0 radical (unpaired) electrons. The maximum atomic E-state index is 6.79. The Labute approximate surface area is 146 Å². The highest BCUT2D eigenvalue weighted by molar-refractivity contribution is 7.47. The van der Waals surface area contributed by atoms with Crippen LogP contribution in [0.2, 0.25) is 0 Å². The number of hydrogen-bond acceptors (Lipinski definition) is 4. The van der Waals surface area contributed by atoms with E-state index in [4.69, 9.17) is 4.52 Å². The van der Waals surface area contributed by atoms with Crippen molar-refractivity contribution >= 4 is 8.45 Å². The van der Waals surface area contributed by atoms with Crippen LogP contribution in [0.5, 0.6) is 0 Å². The molecule has 23 heavy (non-hydrogen) atoms. The molecule has 1 fully saturated rings. The quantitative estimate of drug-likeness (QED) is 0.600. The molecule has 0 aromatic carbocycles. The minimum atomic E-state index is -0.660.